The minimum atomic E-state index is -0.715. The summed E-state index contributed by atoms with van der Waals surface area (Å²) < 4.78 is 11.1. The summed E-state index contributed by atoms with van der Waals surface area (Å²) in [6.07, 6.45) is 1.22. The first-order valence-corrected chi connectivity index (χ1v) is 13.2. The molecule has 2 aliphatic heterocycles. The molecule has 2 aromatic carbocycles. The third-order valence-electron chi connectivity index (χ3n) is 5.38. The first-order valence-electron chi connectivity index (χ1n) is 11.1. The molecule has 0 spiro atoms. The van der Waals surface area contributed by atoms with Gasteiger partial charge in [0.15, 0.2) is 0 Å². The minimum absolute atomic E-state index is 0.175. The van der Waals surface area contributed by atoms with Crippen LogP contribution in [-0.4, -0.2) is 42.7 Å². The SMILES string of the molecule is CCOC(=O)C1=C(COC(=O)c2ccc(C3SCCCS3)cc2)NC(=O)NC1c1ccccc1. The number of amides is 2. The van der Waals surface area contributed by atoms with Gasteiger partial charge < -0.3 is 20.1 Å². The lowest BCUT2D eigenvalue weighted by molar-refractivity contribution is -0.139. The topological polar surface area (TPSA) is 93.7 Å². The van der Waals surface area contributed by atoms with Crippen molar-refractivity contribution in [3.63, 3.8) is 0 Å². The molecule has 178 valence electrons. The van der Waals surface area contributed by atoms with Gasteiger partial charge in [-0.05, 0) is 48.1 Å². The fourth-order valence-electron chi connectivity index (χ4n) is 3.75. The molecule has 9 heteroatoms. The van der Waals surface area contributed by atoms with Crippen LogP contribution in [0.5, 0.6) is 0 Å². The summed E-state index contributed by atoms with van der Waals surface area (Å²) in [6, 6.07) is 15.3. The average Bonchev–Trinajstić information content (AvgIpc) is 2.88. The molecule has 0 saturated carbocycles. The third-order valence-corrected chi connectivity index (χ3v) is 8.39. The number of urea groups is 1. The van der Waals surface area contributed by atoms with Gasteiger partial charge in [0, 0.05) is 0 Å². The predicted molar refractivity (Wildman–Crippen MR) is 134 cm³/mol. The van der Waals surface area contributed by atoms with E-state index in [2.05, 4.69) is 10.6 Å². The van der Waals surface area contributed by atoms with Crippen LogP contribution in [0.3, 0.4) is 0 Å². The van der Waals surface area contributed by atoms with Crippen molar-refractivity contribution in [3.8, 4) is 0 Å². The maximum atomic E-state index is 12.8. The molecule has 2 heterocycles. The Bertz CT molecular complexity index is 1070. The van der Waals surface area contributed by atoms with Crippen molar-refractivity contribution in [2.24, 2.45) is 0 Å². The Kier molecular flexibility index (Phi) is 8.18. The van der Waals surface area contributed by atoms with E-state index in [-0.39, 0.29) is 24.5 Å². The summed E-state index contributed by atoms with van der Waals surface area (Å²) in [7, 11) is 0. The number of carbonyl (C=O) groups excluding carboxylic acids is 3. The van der Waals surface area contributed by atoms with E-state index in [4.69, 9.17) is 9.47 Å². The number of nitrogens with one attached hydrogen (secondary N) is 2. The fraction of sp³-hybridized carbons (Fsp3) is 0.320. The second-order valence-corrected chi connectivity index (χ2v) is 10.4. The summed E-state index contributed by atoms with van der Waals surface area (Å²) in [5.41, 5.74) is 2.72. The van der Waals surface area contributed by atoms with Gasteiger partial charge in [0.05, 0.1) is 34.1 Å². The van der Waals surface area contributed by atoms with Crippen LogP contribution in [0.2, 0.25) is 0 Å². The zero-order valence-corrected chi connectivity index (χ0v) is 20.4. The van der Waals surface area contributed by atoms with Gasteiger partial charge in [0.2, 0.25) is 0 Å². The normalized spacial score (nSPS) is 18.6. The number of hydrogen-bond acceptors (Lipinski definition) is 7. The molecule has 34 heavy (non-hydrogen) atoms. The van der Waals surface area contributed by atoms with Crippen LogP contribution < -0.4 is 10.6 Å². The molecule has 1 fully saturated rings. The standard InChI is InChI=1S/C25H26N2O5S2/c1-2-31-23(29)20-19(26-25(30)27-21(20)16-7-4-3-5-8-16)15-32-22(28)17-9-11-18(12-10-17)24-33-13-6-14-34-24/h3-5,7-12,21,24H,2,6,13-15H2,1H3,(H2,26,27,30). The molecule has 1 unspecified atom stereocenters. The van der Waals surface area contributed by atoms with Crippen molar-refractivity contribution in [2.75, 3.05) is 24.7 Å². The summed E-state index contributed by atoms with van der Waals surface area (Å²) in [5, 5.41) is 5.37. The fourth-order valence-corrected chi connectivity index (χ4v) is 6.65. The molecule has 7 nitrogen and oxygen atoms in total. The zero-order valence-electron chi connectivity index (χ0n) is 18.7. The van der Waals surface area contributed by atoms with E-state index in [1.54, 1.807) is 19.1 Å². The summed E-state index contributed by atoms with van der Waals surface area (Å²) in [6.45, 7) is 1.62. The number of esters is 2. The number of carbonyl (C=O) groups is 3. The van der Waals surface area contributed by atoms with E-state index < -0.39 is 24.0 Å². The quantitative estimate of drug-likeness (QED) is 0.540. The Hall–Kier alpha value is -2.91. The van der Waals surface area contributed by atoms with Crippen molar-refractivity contribution < 1.29 is 23.9 Å². The average molecular weight is 499 g/mol. The van der Waals surface area contributed by atoms with E-state index in [1.807, 2.05) is 66.0 Å². The Morgan fingerprint density at radius 3 is 2.32 bits per heavy atom. The molecule has 2 aliphatic rings. The molecule has 0 aliphatic carbocycles. The Labute approximate surface area is 207 Å². The molecular weight excluding hydrogens is 472 g/mol. The Morgan fingerprint density at radius 1 is 0.941 bits per heavy atom. The van der Waals surface area contributed by atoms with Crippen molar-refractivity contribution in [2.45, 2.75) is 24.0 Å². The van der Waals surface area contributed by atoms with Gasteiger partial charge in [-0.25, -0.2) is 14.4 Å². The highest BCUT2D eigenvalue weighted by Gasteiger charge is 2.34. The molecule has 4 rings (SSSR count). The Balaban J connectivity index is 1.52. The molecule has 2 amide bonds. The number of hydrogen-bond donors (Lipinski definition) is 2. The number of ether oxygens (including phenoxy) is 2. The highest BCUT2D eigenvalue weighted by Crippen LogP contribution is 2.43. The molecule has 0 bridgehead atoms. The van der Waals surface area contributed by atoms with Gasteiger partial charge in [-0.15, -0.1) is 23.5 Å². The minimum Gasteiger partial charge on any atom is -0.463 e. The molecule has 1 atom stereocenters. The van der Waals surface area contributed by atoms with Crippen LogP contribution in [0.25, 0.3) is 0 Å². The first-order chi connectivity index (χ1) is 16.6. The van der Waals surface area contributed by atoms with Crippen LogP contribution in [0.1, 0.15) is 45.5 Å². The highest BCUT2D eigenvalue weighted by atomic mass is 32.2. The lowest BCUT2D eigenvalue weighted by Crippen LogP contribution is -2.47. The van der Waals surface area contributed by atoms with Crippen LogP contribution in [0, 0.1) is 0 Å². The van der Waals surface area contributed by atoms with Gasteiger partial charge in [0.25, 0.3) is 0 Å². The zero-order chi connectivity index (χ0) is 23.9. The lowest BCUT2D eigenvalue weighted by atomic mass is 9.95. The second kappa shape index (κ2) is 11.5. The maximum Gasteiger partial charge on any atom is 0.338 e. The monoisotopic (exact) mass is 498 g/mol. The molecule has 2 N–H and O–H groups in total. The molecule has 1 saturated heterocycles. The number of thioether (sulfide) groups is 2. The lowest BCUT2D eigenvalue weighted by Gasteiger charge is -2.29. The van der Waals surface area contributed by atoms with E-state index in [0.29, 0.717) is 10.1 Å². The maximum absolute atomic E-state index is 12.8. The van der Waals surface area contributed by atoms with Crippen molar-refractivity contribution in [3.05, 3.63) is 82.6 Å². The molecule has 0 aromatic heterocycles. The highest BCUT2D eigenvalue weighted by molar-refractivity contribution is 8.16. The van der Waals surface area contributed by atoms with E-state index in [9.17, 15) is 14.4 Å². The van der Waals surface area contributed by atoms with Gasteiger partial charge in [0.1, 0.15) is 6.61 Å². The van der Waals surface area contributed by atoms with Crippen molar-refractivity contribution >= 4 is 41.5 Å². The number of benzene rings is 2. The van der Waals surface area contributed by atoms with Crippen LogP contribution in [0.4, 0.5) is 4.79 Å². The molecule has 0 radical (unpaired) electrons. The molecule has 2 aromatic rings. The molecular formula is C25H26N2O5S2. The van der Waals surface area contributed by atoms with E-state index >= 15 is 0 Å². The van der Waals surface area contributed by atoms with Gasteiger partial charge in [-0.3, -0.25) is 0 Å². The summed E-state index contributed by atoms with van der Waals surface area (Å²) >= 11 is 3.83. The van der Waals surface area contributed by atoms with E-state index in [0.717, 1.165) is 17.1 Å². The summed E-state index contributed by atoms with van der Waals surface area (Å²) in [4.78, 5) is 37.8. The van der Waals surface area contributed by atoms with Gasteiger partial charge >= 0.3 is 18.0 Å². The Morgan fingerprint density at radius 2 is 1.65 bits per heavy atom. The largest absolute Gasteiger partial charge is 0.463 e. The van der Waals surface area contributed by atoms with Crippen molar-refractivity contribution in [1.29, 1.82) is 0 Å². The number of rotatable bonds is 7. The predicted octanol–water partition coefficient (Wildman–Crippen LogP) is 4.58. The van der Waals surface area contributed by atoms with Crippen LogP contribution in [-0.2, 0) is 14.3 Å². The third kappa shape index (κ3) is 5.77. The van der Waals surface area contributed by atoms with Crippen molar-refractivity contribution in [1.82, 2.24) is 10.6 Å². The van der Waals surface area contributed by atoms with Crippen LogP contribution in [0.15, 0.2) is 65.9 Å². The van der Waals surface area contributed by atoms with Crippen LogP contribution >= 0.6 is 23.5 Å². The van der Waals surface area contributed by atoms with Gasteiger partial charge in [-0.2, -0.15) is 0 Å². The summed E-state index contributed by atoms with van der Waals surface area (Å²) in [5.74, 6) is 1.17. The second-order valence-electron chi connectivity index (χ2n) is 7.68. The van der Waals surface area contributed by atoms with E-state index in [1.165, 1.54) is 12.0 Å². The van der Waals surface area contributed by atoms with Gasteiger partial charge in [-0.1, -0.05) is 42.5 Å². The smallest absolute Gasteiger partial charge is 0.338 e. The first kappa shape index (κ1) is 24.2.